The maximum atomic E-state index is 3.79. The molecule has 1 aliphatic heterocycles. The molecule has 0 aromatic carbocycles. The van der Waals surface area contributed by atoms with Crippen LogP contribution < -0.4 is 5.32 Å². The quantitative estimate of drug-likeness (QED) is 0.690. The minimum absolute atomic E-state index is 0.785. The van der Waals surface area contributed by atoms with E-state index >= 15 is 0 Å². The highest BCUT2D eigenvalue weighted by molar-refractivity contribution is 4.96. The standard InChI is InChI=1S/C12H23N/c1-3-6-10-9(2)13-12-8-5-4-7-11(10)12/h9-13H,3-8H2,1-2H3. The lowest BCUT2D eigenvalue weighted by Gasteiger charge is -2.28. The average Bonchev–Trinajstić information content (AvgIpc) is 2.44. The lowest BCUT2D eigenvalue weighted by atomic mass is 9.77. The van der Waals surface area contributed by atoms with Gasteiger partial charge in [-0.15, -0.1) is 0 Å². The van der Waals surface area contributed by atoms with Gasteiger partial charge in [0.15, 0.2) is 0 Å². The highest BCUT2D eigenvalue weighted by atomic mass is 15.0. The van der Waals surface area contributed by atoms with Crippen LogP contribution in [0.2, 0.25) is 0 Å². The van der Waals surface area contributed by atoms with Crippen molar-refractivity contribution in [1.29, 1.82) is 0 Å². The number of nitrogens with one attached hydrogen (secondary N) is 1. The van der Waals surface area contributed by atoms with Crippen molar-refractivity contribution in [3.8, 4) is 0 Å². The van der Waals surface area contributed by atoms with E-state index in [-0.39, 0.29) is 0 Å². The lowest BCUT2D eigenvalue weighted by Crippen LogP contribution is -2.31. The van der Waals surface area contributed by atoms with E-state index in [1.807, 2.05) is 0 Å². The summed E-state index contributed by atoms with van der Waals surface area (Å²) in [6.07, 6.45) is 8.67. The fraction of sp³-hybridized carbons (Fsp3) is 1.00. The van der Waals surface area contributed by atoms with E-state index in [0.717, 1.165) is 23.9 Å². The Balaban J connectivity index is 2.00. The minimum Gasteiger partial charge on any atom is -0.311 e. The number of hydrogen-bond acceptors (Lipinski definition) is 1. The van der Waals surface area contributed by atoms with Crippen LogP contribution in [-0.4, -0.2) is 12.1 Å². The molecule has 0 radical (unpaired) electrons. The van der Waals surface area contributed by atoms with Gasteiger partial charge in [-0.1, -0.05) is 26.2 Å². The van der Waals surface area contributed by atoms with Gasteiger partial charge in [0.05, 0.1) is 0 Å². The Hall–Kier alpha value is -0.0400. The largest absolute Gasteiger partial charge is 0.311 e. The Morgan fingerprint density at radius 1 is 1.23 bits per heavy atom. The van der Waals surface area contributed by atoms with E-state index in [4.69, 9.17) is 0 Å². The van der Waals surface area contributed by atoms with Gasteiger partial charge in [-0.2, -0.15) is 0 Å². The van der Waals surface area contributed by atoms with E-state index in [1.165, 1.54) is 38.5 Å². The van der Waals surface area contributed by atoms with Crippen LogP contribution >= 0.6 is 0 Å². The van der Waals surface area contributed by atoms with Gasteiger partial charge in [0.1, 0.15) is 0 Å². The summed E-state index contributed by atoms with van der Waals surface area (Å²) < 4.78 is 0. The number of hydrogen-bond donors (Lipinski definition) is 1. The Kier molecular flexibility index (Phi) is 2.92. The van der Waals surface area contributed by atoms with E-state index in [2.05, 4.69) is 19.2 Å². The fourth-order valence-corrected chi connectivity index (χ4v) is 3.51. The molecule has 0 bridgehead atoms. The summed E-state index contributed by atoms with van der Waals surface area (Å²) in [5.41, 5.74) is 0. The van der Waals surface area contributed by atoms with Crippen molar-refractivity contribution in [2.24, 2.45) is 11.8 Å². The molecule has 76 valence electrons. The maximum Gasteiger partial charge on any atom is 0.0101 e. The van der Waals surface area contributed by atoms with Crippen molar-refractivity contribution in [1.82, 2.24) is 5.32 Å². The third-order valence-corrected chi connectivity index (χ3v) is 4.11. The smallest absolute Gasteiger partial charge is 0.0101 e. The summed E-state index contributed by atoms with van der Waals surface area (Å²) in [4.78, 5) is 0. The van der Waals surface area contributed by atoms with E-state index in [1.54, 1.807) is 0 Å². The predicted molar refractivity (Wildman–Crippen MR) is 56.7 cm³/mol. The molecule has 1 heteroatoms. The second-order valence-corrected chi connectivity index (χ2v) is 4.96. The minimum atomic E-state index is 0.785. The van der Waals surface area contributed by atoms with Crippen molar-refractivity contribution in [3.05, 3.63) is 0 Å². The molecule has 0 aromatic heterocycles. The molecular formula is C12H23N. The van der Waals surface area contributed by atoms with Crippen molar-refractivity contribution in [3.63, 3.8) is 0 Å². The van der Waals surface area contributed by atoms with Crippen molar-refractivity contribution < 1.29 is 0 Å². The molecular weight excluding hydrogens is 158 g/mol. The molecule has 1 saturated heterocycles. The molecule has 0 spiro atoms. The van der Waals surface area contributed by atoms with Crippen LogP contribution in [0.5, 0.6) is 0 Å². The summed E-state index contributed by atoms with van der Waals surface area (Å²) in [5.74, 6) is 2.00. The zero-order valence-electron chi connectivity index (χ0n) is 9.05. The summed E-state index contributed by atoms with van der Waals surface area (Å²) in [5, 5.41) is 3.79. The van der Waals surface area contributed by atoms with Crippen molar-refractivity contribution >= 4 is 0 Å². The molecule has 1 nitrogen and oxygen atoms in total. The number of rotatable bonds is 2. The fourth-order valence-electron chi connectivity index (χ4n) is 3.51. The first-order valence-corrected chi connectivity index (χ1v) is 6.09. The predicted octanol–water partition coefficient (Wildman–Crippen LogP) is 2.95. The van der Waals surface area contributed by atoms with E-state index in [9.17, 15) is 0 Å². The Bertz CT molecular complexity index is 165. The Labute approximate surface area is 82.3 Å². The molecule has 1 aliphatic carbocycles. The highest BCUT2D eigenvalue weighted by Gasteiger charge is 2.40. The third-order valence-electron chi connectivity index (χ3n) is 4.11. The van der Waals surface area contributed by atoms with Gasteiger partial charge < -0.3 is 5.32 Å². The molecule has 13 heavy (non-hydrogen) atoms. The van der Waals surface area contributed by atoms with Crippen molar-refractivity contribution in [2.45, 2.75) is 64.5 Å². The second-order valence-electron chi connectivity index (χ2n) is 4.96. The zero-order chi connectivity index (χ0) is 9.26. The topological polar surface area (TPSA) is 12.0 Å². The van der Waals surface area contributed by atoms with Crippen LogP contribution in [0.25, 0.3) is 0 Å². The molecule has 1 saturated carbocycles. The lowest BCUT2D eigenvalue weighted by molar-refractivity contribution is 0.257. The Morgan fingerprint density at radius 3 is 2.77 bits per heavy atom. The van der Waals surface area contributed by atoms with Gasteiger partial charge in [-0.3, -0.25) is 0 Å². The number of fused-ring (bicyclic) bond motifs is 1. The van der Waals surface area contributed by atoms with Crippen LogP contribution in [0.3, 0.4) is 0 Å². The van der Waals surface area contributed by atoms with Crippen LogP contribution in [0, 0.1) is 11.8 Å². The van der Waals surface area contributed by atoms with Crippen LogP contribution in [0.4, 0.5) is 0 Å². The molecule has 2 aliphatic rings. The SMILES string of the molecule is CCCC1C(C)NC2CCCCC21. The van der Waals surface area contributed by atoms with Gasteiger partial charge >= 0.3 is 0 Å². The molecule has 1 N–H and O–H groups in total. The van der Waals surface area contributed by atoms with Gasteiger partial charge in [0.2, 0.25) is 0 Å². The first-order chi connectivity index (χ1) is 6.33. The average molecular weight is 181 g/mol. The van der Waals surface area contributed by atoms with Gasteiger partial charge in [-0.25, -0.2) is 0 Å². The summed E-state index contributed by atoms with van der Waals surface area (Å²) in [6, 6.07) is 1.66. The molecule has 4 atom stereocenters. The molecule has 0 amide bonds. The van der Waals surface area contributed by atoms with E-state index in [0.29, 0.717) is 0 Å². The van der Waals surface area contributed by atoms with Crippen LogP contribution in [-0.2, 0) is 0 Å². The van der Waals surface area contributed by atoms with Gasteiger partial charge in [0.25, 0.3) is 0 Å². The molecule has 2 fully saturated rings. The van der Waals surface area contributed by atoms with Gasteiger partial charge in [-0.05, 0) is 38.0 Å². The molecule has 2 rings (SSSR count). The molecule has 0 aromatic rings. The second kappa shape index (κ2) is 4.00. The zero-order valence-corrected chi connectivity index (χ0v) is 9.05. The third kappa shape index (κ3) is 1.76. The highest BCUT2D eigenvalue weighted by Crippen LogP contribution is 2.39. The van der Waals surface area contributed by atoms with Crippen LogP contribution in [0.15, 0.2) is 0 Å². The van der Waals surface area contributed by atoms with Crippen LogP contribution in [0.1, 0.15) is 52.4 Å². The molecule has 1 heterocycles. The normalized spacial score (nSPS) is 44.8. The first-order valence-electron chi connectivity index (χ1n) is 6.09. The van der Waals surface area contributed by atoms with E-state index < -0.39 is 0 Å². The summed E-state index contributed by atoms with van der Waals surface area (Å²) in [6.45, 7) is 4.71. The monoisotopic (exact) mass is 181 g/mol. The summed E-state index contributed by atoms with van der Waals surface area (Å²) in [7, 11) is 0. The van der Waals surface area contributed by atoms with Gasteiger partial charge in [0, 0.05) is 12.1 Å². The summed E-state index contributed by atoms with van der Waals surface area (Å²) >= 11 is 0. The maximum absolute atomic E-state index is 3.79. The molecule has 4 unspecified atom stereocenters. The van der Waals surface area contributed by atoms with Crippen molar-refractivity contribution in [2.75, 3.05) is 0 Å². The first kappa shape index (κ1) is 9.51. The Morgan fingerprint density at radius 2 is 2.00 bits per heavy atom.